The minimum absolute atomic E-state index is 0.00622. The molecule has 0 aliphatic heterocycles. The van der Waals surface area contributed by atoms with Crippen molar-refractivity contribution in [1.29, 1.82) is 0 Å². The number of allylic oxidation sites excluding steroid dienone is 9. The van der Waals surface area contributed by atoms with Gasteiger partial charge in [0.2, 0.25) is 0 Å². The predicted molar refractivity (Wildman–Crippen MR) is 211 cm³/mol. The molecule has 0 bridgehead atoms. The van der Waals surface area contributed by atoms with Crippen molar-refractivity contribution >= 4 is 5.97 Å². The number of unbranched alkanes of at least 4 members (excludes halogenated alkanes) is 4. The molecule has 0 saturated heterocycles. The van der Waals surface area contributed by atoms with Gasteiger partial charge in [-0.25, -0.2) is 0 Å². The second-order valence-electron chi connectivity index (χ2n) is 17.6. The Morgan fingerprint density at radius 2 is 1.47 bits per heavy atom. The molecule has 0 aromatic heterocycles. The Balaban J connectivity index is 1.13. The zero-order valence-corrected chi connectivity index (χ0v) is 32.9. The Morgan fingerprint density at radius 3 is 2.14 bits per heavy atom. The predicted octanol–water partition coefficient (Wildman–Crippen LogP) is 14.1. The number of rotatable bonds is 20. The molecule has 4 aliphatic rings. The third-order valence-electron chi connectivity index (χ3n) is 13.8. The van der Waals surface area contributed by atoms with Crippen molar-refractivity contribution < 1.29 is 9.53 Å². The average molecular weight is 673 g/mol. The van der Waals surface area contributed by atoms with Gasteiger partial charge in [-0.3, -0.25) is 4.79 Å². The van der Waals surface area contributed by atoms with Crippen LogP contribution in [-0.4, -0.2) is 12.1 Å². The fourth-order valence-corrected chi connectivity index (χ4v) is 10.9. The van der Waals surface area contributed by atoms with E-state index in [9.17, 15) is 4.79 Å². The van der Waals surface area contributed by atoms with Crippen LogP contribution in [0.5, 0.6) is 0 Å². The standard InChI is InChI=1S/C47H76O2/c1-7-8-9-10-11-12-13-14-15-16-17-18-19-20-21-22-23-27-45(48)49-40-32-34-46(5)39(36-40)28-29-41-43-31-30-42(38(4)26-24-25-37(2)3)47(43,6)35-33-44(41)46/h11-12,14-15,17-18,20-21,28,37-38,40-44H,7-10,13,16,19,22-27,29-36H2,1-6H3/b12-11+,15-14+,18-17+,21-20-/t38-,40-,41+,42-,43+,44+,46+,47-/m1/s1. The highest BCUT2D eigenvalue weighted by Gasteiger charge is 2.59. The van der Waals surface area contributed by atoms with Crippen molar-refractivity contribution in [2.24, 2.45) is 46.3 Å². The van der Waals surface area contributed by atoms with Gasteiger partial charge in [-0.2, -0.15) is 0 Å². The van der Waals surface area contributed by atoms with Gasteiger partial charge in [-0.05, 0) is 136 Å². The summed E-state index contributed by atoms with van der Waals surface area (Å²) < 4.78 is 6.10. The minimum Gasteiger partial charge on any atom is -0.462 e. The molecule has 0 aromatic rings. The summed E-state index contributed by atoms with van der Waals surface area (Å²) in [5.74, 6) is 5.21. The molecule has 8 atom stereocenters. The highest BCUT2D eigenvalue weighted by Crippen LogP contribution is 2.67. The lowest BCUT2D eigenvalue weighted by Gasteiger charge is -2.58. The number of carbonyl (C=O) groups is 1. The van der Waals surface area contributed by atoms with Crippen molar-refractivity contribution in [2.45, 2.75) is 182 Å². The zero-order valence-electron chi connectivity index (χ0n) is 32.9. The third kappa shape index (κ3) is 11.3. The average Bonchev–Trinajstić information content (AvgIpc) is 3.43. The molecule has 276 valence electrons. The summed E-state index contributed by atoms with van der Waals surface area (Å²) >= 11 is 0. The first-order chi connectivity index (χ1) is 23.7. The smallest absolute Gasteiger partial charge is 0.306 e. The van der Waals surface area contributed by atoms with Gasteiger partial charge in [-0.1, -0.05) is 134 Å². The van der Waals surface area contributed by atoms with Crippen LogP contribution in [0.4, 0.5) is 0 Å². The summed E-state index contributed by atoms with van der Waals surface area (Å²) in [5, 5.41) is 0. The Bertz CT molecular complexity index is 1140. The summed E-state index contributed by atoms with van der Waals surface area (Å²) in [4.78, 5) is 12.8. The van der Waals surface area contributed by atoms with E-state index in [1.807, 2.05) is 0 Å². The first-order valence-corrected chi connectivity index (χ1v) is 21.2. The number of hydrogen-bond donors (Lipinski definition) is 0. The summed E-state index contributed by atoms with van der Waals surface area (Å²) in [5.41, 5.74) is 2.48. The molecule has 2 nitrogen and oxygen atoms in total. The molecule has 0 aromatic carbocycles. The first kappa shape index (κ1) is 39.9. The minimum atomic E-state index is 0.00622. The Kier molecular flexibility index (Phi) is 16.5. The van der Waals surface area contributed by atoms with Crippen molar-refractivity contribution in [3.05, 3.63) is 60.3 Å². The fourth-order valence-electron chi connectivity index (χ4n) is 10.9. The maximum absolute atomic E-state index is 12.8. The number of carbonyl (C=O) groups excluding carboxylic acids is 1. The Morgan fingerprint density at radius 1 is 0.796 bits per heavy atom. The largest absolute Gasteiger partial charge is 0.462 e. The quantitative estimate of drug-likeness (QED) is 0.0731. The van der Waals surface area contributed by atoms with Crippen LogP contribution >= 0.6 is 0 Å². The van der Waals surface area contributed by atoms with E-state index in [0.29, 0.717) is 17.3 Å². The molecule has 2 heteroatoms. The fraction of sp³-hybridized carbons (Fsp3) is 0.766. The lowest BCUT2D eigenvalue weighted by molar-refractivity contribution is -0.151. The van der Waals surface area contributed by atoms with Gasteiger partial charge in [0, 0.05) is 12.8 Å². The van der Waals surface area contributed by atoms with Crippen LogP contribution in [0.1, 0.15) is 176 Å². The van der Waals surface area contributed by atoms with Gasteiger partial charge in [0.25, 0.3) is 0 Å². The monoisotopic (exact) mass is 673 g/mol. The van der Waals surface area contributed by atoms with Crippen LogP contribution in [-0.2, 0) is 9.53 Å². The molecule has 3 saturated carbocycles. The van der Waals surface area contributed by atoms with Gasteiger partial charge in [0.1, 0.15) is 6.10 Å². The van der Waals surface area contributed by atoms with E-state index < -0.39 is 0 Å². The van der Waals surface area contributed by atoms with E-state index in [2.05, 4.69) is 96.2 Å². The van der Waals surface area contributed by atoms with E-state index in [4.69, 9.17) is 4.74 Å². The summed E-state index contributed by atoms with van der Waals surface area (Å²) in [6.07, 6.45) is 45.7. The summed E-state index contributed by atoms with van der Waals surface area (Å²) in [7, 11) is 0. The number of hydrogen-bond acceptors (Lipinski definition) is 2. The maximum Gasteiger partial charge on any atom is 0.306 e. The number of esters is 1. The van der Waals surface area contributed by atoms with E-state index in [-0.39, 0.29) is 12.1 Å². The molecule has 49 heavy (non-hydrogen) atoms. The second kappa shape index (κ2) is 20.3. The van der Waals surface area contributed by atoms with Gasteiger partial charge < -0.3 is 4.74 Å². The molecular formula is C47H76O2. The Labute approximate surface area is 303 Å². The molecule has 0 spiro atoms. The number of fused-ring (bicyclic) bond motifs is 5. The van der Waals surface area contributed by atoms with E-state index in [1.54, 1.807) is 5.57 Å². The highest BCUT2D eigenvalue weighted by molar-refractivity contribution is 5.69. The van der Waals surface area contributed by atoms with Gasteiger partial charge in [0.05, 0.1) is 0 Å². The van der Waals surface area contributed by atoms with E-state index in [1.165, 1.54) is 83.5 Å². The van der Waals surface area contributed by atoms with Crippen LogP contribution < -0.4 is 0 Å². The second-order valence-corrected chi connectivity index (χ2v) is 17.6. The van der Waals surface area contributed by atoms with Crippen molar-refractivity contribution in [2.75, 3.05) is 0 Å². The molecule has 3 fully saturated rings. The van der Waals surface area contributed by atoms with Crippen molar-refractivity contribution in [3.63, 3.8) is 0 Å². The topological polar surface area (TPSA) is 26.3 Å². The molecule has 4 rings (SSSR count). The molecule has 0 unspecified atom stereocenters. The van der Waals surface area contributed by atoms with Crippen molar-refractivity contribution in [3.8, 4) is 0 Å². The van der Waals surface area contributed by atoms with Gasteiger partial charge in [-0.15, -0.1) is 0 Å². The van der Waals surface area contributed by atoms with Crippen LogP contribution in [0.3, 0.4) is 0 Å². The molecule has 0 N–H and O–H groups in total. The Hall–Kier alpha value is -1.83. The molecular weight excluding hydrogens is 597 g/mol. The van der Waals surface area contributed by atoms with Crippen molar-refractivity contribution in [1.82, 2.24) is 0 Å². The summed E-state index contributed by atoms with van der Waals surface area (Å²) in [6.45, 7) is 14.9. The molecule has 4 aliphatic carbocycles. The van der Waals surface area contributed by atoms with Crippen LogP contribution in [0, 0.1) is 46.3 Å². The zero-order chi connectivity index (χ0) is 35.1. The van der Waals surface area contributed by atoms with Crippen LogP contribution in [0.15, 0.2) is 60.3 Å². The SMILES string of the molecule is CCCCC/C=C/C/C=C/C/C=C/C/C=C\CCCC(=O)O[C@@H]1CC[C@@]2(C)C(=CC[C@H]3[C@@H]4CC[C@H]([C@H](C)CCCC(C)C)[C@@]4(C)CC[C@@H]32)C1. The maximum atomic E-state index is 12.8. The van der Waals surface area contributed by atoms with Crippen LogP contribution in [0.2, 0.25) is 0 Å². The lowest BCUT2D eigenvalue weighted by Crippen LogP contribution is -2.51. The molecule has 0 amide bonds. The highest BCUT2D eigenvalue weighted by atomic mass is 16.5. The normalized spacial score (nSPS) is 32.2. The van der Waals surface area contributed by atoms with E-state index in [0.717, 1.165) is 80.5 Å². The molecule has 0 radical (unpaired) electrons. The summed E-state index contributed by atoms with van der Waals surface area (Å²) in [6, 6.07) is 0. The third-order valence-corrected chi connectivity index (χ3v) is 13.8. The molecule has 0 heterocycles. The first-order valence-electron chi connectivity index (χ1n) is 21.2. The lowest BCUT2D eigenvalue weighted by atomic mass is 9.47. The number of ether oxygens (including phenoxy) is 1. The van der Waals surface area contributed by atoms with Crippen LogP contribution in [0.25, 0.3) is 0 Å². The van der Waals surface area contributed by atoms with Gasteiger partial charge in [0.15, 0.2) is 0 Å². The van der Waals surface area contributed by atoms with Gasteiger partial charge >= 0.3 is 5.97 Å². The van der Waals surface area contributed by atoms with E-state index >= 15 is 0 Å².